The second-order valence-corrected chi connectivity index (χ2v) is 6.08. The van der Waals surface area contributed by atoms with Gasteiger partial charge in [0.25, 0.3) is 5.91 Å². The minimum absolute atomic E-state index is 0.00456. The molecule has 1 saturated heterocycles. The van der Waals surface area contributed by atoms with Gasteiger partial charge in [0.15, 0.2) is 0 Å². The lowest BCUT2D eigenvalue weighted by Crippen LogP contribution is -2.15. The number of nitrogens with zero attached hydrogens (tertiary/aromatic N) is 2. The van der Waals surface area contributed by atoms with E-state index in [0.29, 0.717) is 16.7 Å². The number of ether oxygens (including phenoxy) is 1. The summed E-state index contributed by atoms with van der Waals surface area (Å²) in [7, 11) is 0. The Morgan fingerprint density at radius 1 is 1.55 bits per heavy atom. The second-order valence-electron chi connectivity index (χ2n) is 5.16. The first-order chi connectivity index (χ1) is 10.6. The van der Waals surface area contributed by atoms with E-state index in [9.17, 15) is 9.18 Å². The first-order valence-corrected chi connectivity index (χ1v) is 7.81. The average Bonchev–Trinajstić information content (AvgIpc) is 3.11. The lowest BCUT2D eigenvalue weighted by atomic mass is 10.2. The molecule has 1 atom stereocenters. The highest BCUT2D eigenvalue weighted by molar-refractivity contribution is 9.10. The summed E-state index contributed by atoms with van der Waals surface area (Å²) in [6.07, 6.45) is 5.52. The van der Waals surface area contributed by atoms with E-state index in [2.05, 4.69) is 26.3 Å². The van der Waals surface area contributed by atoms with Crippen LogP contribution in [-0.2, 0) is 11.3 Å². The van der Waals surface area contributed by atoms with Crippen LogP contribution >= 0.6 is 15.9 Å². The third-order valence-corrected chi connectivity index (χ3v) is 3.97. The zero-order valence-corrected chi connectivity index (χ0v) is 13.3. The molecule has 1 unspecified atom stereocenters. The number of amides is 1. The predicted octanol–water partition coefficient (Wildman–Crippen LogP) is 3.22. The summed E-state index contributed by atoms with van der Waals surface area (Å²) in [5, 5.41) is 6.83. The van der Waals surface area contributed by atoms with Crippen LogP contribution in [0, 0.1) is 5.82 Å². The molecule has 2 heterocycles. The molecule has 2 aromatic rings. The van der Waals surface area contributed by atoms with Crippen LogP contribution in [0.3, 0.4) is 0 Å². The molecule has 0 spiro atoms. The van der Waals surface area contributed by atoms with Gasteiger partial charge in [-0.05, 0) is 31.0 Å². The van der Waals surface area contributed by atoms with Gasteiger partial charge in [-0.1, -0.05) is 15.9 Å². The van der Waals surface area contributed by atoms with Crippen molar-refractivity contribution in [2.75, 3.05) is 11.9 Å². The second kappa shape index (κ2) is 6.58. The van der Waals surface area contributed by atoms with Gasteiger partial charge in [-0.3, -0.25) is 9.48 Å². The molecule has 1 N–H and O–H groups in total. The molecule has 1 aromatic carbocycles. The number of carbonyl (C=O) groups is 1. The fourth-order valence-electron chi connectivity index (χ4n) is 2.40. The van der Waals surface area contributed by atoms with Gasteiger partial charge in [0.05, 0.1) is 30.1 Å². The molecule has 1 aromatic heterocycles. The first-order valence-electron chi connectivity index (χ1n) is 7.02. The van der Waals surface area contributed by atoms with Crippen LogP contribution in [0.1, 0.15) is 23.2 Å². The van der Waals surface area contributed by atoms with Gasteiger partial charge >= 0.3 is 0 Å². The van der Waals surface area contributed by atoms with Gasteiger partial charge in [0.2, 0.25) is 0 Å². The Balaban J connectivity index is 1.65. The highest BCUT2D eigenvalue weighted by Crippen LogP contribution is 2.18. The smallest absolute Gasteiger partial charge is 0.258 e. The van der Waals surface area contributed by atoms with E-state index in [1.165, 1.54) is 12.1 Å². The summed E-state index contributed by atoms with van der Waals surface area (Å²) in [4.78, 5) is 12.1. The molecule has 0 bridgehead atoms. The van der Waals surface area contributed by atoms with Crippen molar-refractivity contribution >= 4 is 27.5 Å². The number of aromatic nitrogens is 2. The topological polar surface area (TPSA) is 56.2 Å². The summed E-state index contributed by atoms with van der Waals surface area (Å²) in [6, 6.07) is 4.32. The van der Waals surface area contributed by atoms with Crippen LogP contribution < -0.4 is 5.32 Å². The van der Waals surface area contributed by atoms with E-state index in [1.54, 1.807) is 23.1 Å². The summed E-state index contributed by atoms with van der Waals surface area (Å²) in [5.41, 5.74) is 0.528. The Morgan fingerprint density at radius 3 is 3.14 bits per heavy atom. The van der Waals surface area contributed by atoms with Crippen molar-refractivity contribution in [2.24, 2.45) is 0 Å². The Labute approximate surface area is 135 Å². The van der Waals surface area contributed by atoms with Crippen LogP contribution in [0.5, 0.6) is 0 Å². The number of hydrogen-bond acceptors (Lipinski definition) is 3. The van der Waals surface area contributed by atoms with E-state index in [4.69, 9.17) is 4.74 Å². The van der Waals surface area contributed by atoms with Gasteiger partial charge in [-0.25, -0.2) is 4.39 Å². The van der Waals surface area contributed by atoms with Crippen LogP contribution in [0.15, 0.2) is 35.1 Å². The average molecular weight is 368 g/mol. The minimum atomic E-state index is -0.571. The molecule has 1 aliphatic rings. The molecular weight excluding hydrogens is 353 g/mol. The van der Waals surface area contributed by atoms with Crippen molar-refractivity contribution in [3.05, 3.63) is 46.4 Å². The van der Waals surface area contributed by atoms with E-state index in [1.807, 2.05) is 0 Å². The van der Waals surface area contributed by atoms with E-state index in [-0.39, 0.29) is 11.7 Å². The molecule has 22 heavy (non-hydrogen) atoms. The third kappa shape index (κ3) is 3.53. The quantitative estimate of drug-likeness (QED) is 0.902. The van der Waals surface area contributed by atoms with Gasteiger partial charge in [0, 0.05) is 17.3 Å². The lowest BCUT2D eigenvalue weighted by Gasteiger charge is -2.08. The number of rotatable bonds is 4. The number of anilines is 1. The zero-order valence-electron chi connectivity index (χ0n) is 11.8. The Kier molecular flexibility index (Phi) is 4.54. The van der Waals surface area contributed by atoms with Crippen LogP contribution in [0.2, 0.25) is 0 Å². The van der Waals surface area contributed by atoms with Gasteiger partial charge in [0.1, 0.15) is 5.82 Å². The Hall–Kier alpha value is -1.73. The van der Waals surface area contributed by atoms with Crippen molar-refractivity contribution in [3.8, 4) is 0 Å². The van der Waals surface area contributed by atoms with E-state index >= 15 is 0 Å². The maximum Gasteiger partial charge on any atom is 0.258 e. The van der Waals surface area contributed by atoms with Crippen molar-refractivity contribution < 1.29 is 13.9 Å². The molecule has 1 fully saturated rings. The molecule has 5 nitrogen and oxygen atoms in total. The molecular formula is C15H15BrFN3O2. The predicted molar refractivity (Wildman–Crippen MR) is 83.3 cm³/mol. The minimum Gasteiger partial charge on any atom is -0.376 e. The number of hydrogen-bond donors (Lipinski definition) is 1. The molecule has 0 saturated carbocycles. The monoisotopic (exact) mass is 367 g/mol. The Bertz CT molecular complexity index is 683. The van der Waals surface area contributed by atoms with Gasteiger partial charge in [-0.15, -0.1) is 0 Å². The zero-order chi connectivity index (χ0) is 15.5. The molecule has 0 aliphatic carbocycles. The fourth-order valence-corrected chi connectivity index (χ4v) is 2.73. The van der Waals surface area contributed by atoms with Gasteiger partial charge in [-0.2, -0.15) is 5.10 Å². The fraction of sp³-hybridized carbons (Fsp3) is 0.333. The number of nitrogens with one attached hydrogen (secondary N) is 1. The van der Waals surface area contributed by atoms with Crippen molar-refractivity contribution in [3.63, 3.8) is 0 Å². The van der Waals surface area contributed by atoms with Crippen LogP contribution in [-0.4, -0.2) is 28.4 Å². The number of benzene rings is 1. The van der Waals surface area contributed by atoms with Crippen molar-refractivity contribution in [1.82, 2.24) is 9.78 Å². The molecule has 1 aliphatic heterocycles. The normalized spacial score (nSPS) is 17.6. The molecule has 7 heteroatoms. The largest absolute Gasteiger partial charge is 0.376 e. The van der Waals surface area contributed by atoms with Crippen LogP contribution in [0.4, 0.5) is 10.1 Å². The SMILES string of the molecule is O=C(Nc1cnn(CC2CCCO2)c1)c1ccc(Br)cc1F. The maximum atomic E-state index is 13.8. The van der Waals surface area contributed by atoms with Crippen LogP contribution in [0.25, 0.3) is 0 Å². The first kappa shape index (κ1) is 15.2. The maximum absolute atomic E-state index is 13.8. The molecule has 3 rings (SSSR count). The molecule has 0 radical (unpaired) electrons. The molecule has 116 valence electrons. The standard InChI is InChI=1S/C15H15BrFN3O2/c16-10-3-4-13(14(17)6-10)15(21)19-11-7-18-20(8-11)9-12-2-1-5-22-12/h3-4,6-8,12H,1-2,5,9H2,(H,19,21). The highest BCUT2D eigenvalue weighted by atomic mass is 79.9. The number of halogens is 2. The van der Waals surface area contributed by atoms with Gasteiger partial charge < -0.3 is 10.1 Å². The van der Waals surface area contributed by atoms with E-state index in [0.717, 1.165) is 19.4 Å². The highest BCUT2D eigenvalue weighted by Gasteiger charge is 2.17. The summed E-state index contributed by atoms with van der Waals surface area (Å²) >= 11 is 3.16. The summed E-state index contributed by atoms with van der Waals surface area (Å²) < 4.78 is 21.6. The third-order valence-electron chi connectivity index (χ3n) is 3.48. The van der Waals surface area contributed by atoms with E-state index < -0.39 is 11.7 Å². The summed E-state index contributed by atoms with van der Waals surface area (Å²) in [6.45, 7) is 1.45. The number of carbonyl (C=O) groups excluding carboxylic acids is 1. The summed E-state index contributed by atoms with van der Waals surface area (Å²) in [5.74, 6) is -1.07. The Morgan fingerprint density at radius 2 is 2.41 bits per heavy atom. The van der Waals surface area contributed by atoms with Crippen molar-refractivity contribution in [1.29, 1.82) is 0 Å². The van der Waals surface area contributed by atoms with Crippen molar-refractivity contribution in [2.45, 2.75) is 25.5 Å². The lowest BCUT2D eigenvalue weighted by molar-refractivity contribution is 0.0940. The molecule has 1 amide bonds.